The van der Waals surface area contributed by atoms with E-state index in [1.165, 1.54) is 71.2 Å². The summed E-state index contributed by atoms with van der Waals surface area (Å²) in [7, 11) is -7.63. The molecule has 0 spiro atoms. The van der Waals surface area contributed by atoms with Crippen LogP contribution in [0.15, 0.2) is 103 Å². The van der Waals surface area contributed by atoms with Gasteiger partial charge in [-0.3, -0.25) is 13.3 Å². The van der Waals surface area contributed by atoms with Gasteiger partial charge in [-0.25, -0.2) is 0 Å². The molecule has 4 aromatic carbocycles. The quantitative estimate of drug-likeness (QED) is 0.227. The SMILES string of the molecule is CN1CCCCC1CCN1c2ccccc2Sc2ccc(S(C)=O)cc21.O=S(=O)(O)c1cccc2c(S(=O)(=O)O)cccc12. The summed E-state index contributed by atoms with van der Waals surface area (Å²) in [4.78, 5) is 7.61. The number of hydrogen-bond acceptors (Lipinski definition) is 8. The van der Waals surface area contributed by atoms with E-state index in [1.54, 1.807) is 6.26 Å². The van der Waals surface area contributed by atoms with Crippen LogP contribution < -0.4 is 4.90 Å². The number of fused-ring (bicyclic) bond motifs is 3. The van der Waals surface area contributed by atoms with Crippen LogP contribution in [-0.2, 0) is 31.0 Å². The van der Waals surface area contributed by atoms with Crippen molar-refractivity contribution in [3.63, 3.8) is 0 Å². The summed E-state index contributed by atoms with van der Waals surface area (Å²) in [6.45, 7) is 2.21. The minimum absolute atomic E-state index is 0.0233. The number of likely N-dealkylation sites (tertiary alicyclic amines) is 1. The van der Waals surface area contributed by atoms with Crippen molar-refractivity contribution in [1.82, 2.24) is 4.90 Å². The van der Waals surface area contributed by atoms with E-state index in [1.807, 2.05) is 17.8 Å². The lowest BCUT2D eigenvalue weighted by molar-refractivity contribution is 0.178. The monoisotopic (exact) mass is 674 g/mol. The topological polar surface area (TPSA) is 132 Å². The standard InChI is InChI=1S/C21H26N2OS2.C10H8O6S2/c1-22-13-6-5-7-16(22)12-14-23-18-8-3-4-9-20(18)25-21-11-10-17(26(2)24)15-19(21)23;11-17(12,13)9-5-1-3-7-8(9)4-2-6-10(7)18(14,15)16/h3-4,8-11,15-16H,5-7,12-14H2,1-2H3;1-6H,(H,11,12,13)(H,14,15,16). The second kappa shape index (κ2) is 13.3. The maximum absolute atomic E-state index is 12.0. The first-order valence-electron chi connectivity index (χ1n) is 14.0. The normalized spacial score (nSPS) is 17.7. The van der Waals surface area contributed by atoms with E-state index in [2.05, 4.69) is 53.2 Å². The molecule has 2 unspecified atom stereocenters. The van der Waals surface area contributed by atoms with Crippen molar-refractivity contribution in [1.29, 1.82) is 0 Å². The Morgan fingerprint density at radius 1 is 0.818 bits per heavy atom. The van der Waals surface area contributed by atoms with Crippen molar-refractivity contribution in [2.24, 2.45) is 0 Å². The molecule has 2 N–H and O–H groups in total. The van der Waals surface area contributed by atoms with Gasteiger partial charge in [0.2, 0.25) is 0 Å². The highest BCUT2D eigenvalue weighted by Crippen LogP contribution is 2.48. The van der Waals surface area contributed by atoms with E-state index in [0.717, 1.165) is 30.0 Å². The van der Waals surface area contributed by atoms with Crippen LogP contribution in [0.5, 0.6) is 0 Å². The number of benzene rings is 4. The van der Waals surface area contributed by atoms with E-state index >= 15 is 0 Å². The van der Waals surface area contributed by atoms with Crippen LogP contribution in [0.3, 0.4) is 0 Å². The molecular formula is C31H34N2O7S4. The van der Waals surface area contributed by atoms with Crippen LogP contribution in [0.1, 0.15) is 25.7 Å². The van der Waals surface area contributed by atoms with E-state index in [0.29, 0.717) is 6.04 Å². The Balaban J connectivity index is 0.000000187. The molecule has 2 aliphatic rings. The van der Waals surface area contributed by atoms with Crippen LogP contribution in [0.2, 0.25) is 0 Å². The number of piperidine rings is 1. The summed E-state index contributed by atoms with van der Waals surface area (Å²) in [6.07, 6.45) is 6.88. The van der Waals surface area contributed by atoms with E-state index < -0.39 is 40.8 Å². The summed E-state index contributed by atoms with van der Waals surface area (Å²) in [5, 5.41) is 0.0465. The van der Waals surface area contributed by atoms with Crippen molar-refractivity contribution < 1.29 is 30.1 Å². The van der Waals surface area contributed by atoms with Gasteiger partial charge in [0, 0.05) is 55.1 Å². The van der Waals surface area contributed by atoms with Gasteiger partial charge in [0.15, 0.2) is 0 Å². The van der Waals surface area contributed by atoms with Crippen molar-refractivity contribution in [3.05, 3.63) is 78.9 Å². The summed E-state index contributed by atoms with van der Waals surface area (Å²) >= 11 is 1.82. The molecule has 0 aliphatic carbocycles. The number of anilines is 2. The first-order chi connectivity index (χ1) is 20.8. The molecule has 2 aliphatic heterocycles. The number of nitrogens with zero attached hydrogens (tertiary/aromatic N) is 2. The Hall–Kier alpha value is -2.78. The fourth-order valence-electron chi connectivity index (χ4n) is 5.72. The number of hydrogen-bond donors (Lipinski definition) is 2. The van der Waals surface area contributed by atoms with Gasteiger partial charge in [-0.1, -0.05) is 54.6 Å². The molecule has 4 aromatic rings. The lowest BCUT2D eigenvalue weighted by atomic mass is 9.99. The Kier molecular flexibility index (Phi) is 9.85. The van der Waals surface area contributed by atoms with Gasteiger partial charge in [-0.15, -0.1) is 0 Å². The molecule has 0 radical (unpaired) electrons. The Morgan fingerprint density at radius 2 is 1.43 bits per heavy atom. The van der Waals surface area contributed by atoms with Crippen LogP contribution >= 0.6 is 11.8 Å². The van der Waals surface area contributed by atoms with Gasteiger partial charge in [0.05, 0.1) is 11.4 Å². The maximum atomic E-state index is 12.0. The molecule has 2 heterocycles. The highest BCUT2D eigenvalue weighted by atomic mass is 32.2. The summed E-state index contributed by atoms with van der Waals surface area (Å²) < 4.78 is 74.7. The molecule has 6 rings (SSSR count). The van der Waals surface area contributed by atoms with Gasteiger partial charge in [0.25, 0.3) is 20.2 Å². The van der Waals surface area contributed by atoms with Crippen LogP contribution in [0, 0.1) is 0 Å². The zero-order chi connectivity index (χ0) is 31.6. The fourth-order valence-corrected chi connectivity index (χ4v) is 8.74. The van der Waals surface area contributed by atoms with Crippen LogP contribution in [0.4, 0.5) is 11.4 Å². The molecular weight excluding hydrogens is 641 g/mol. The smallest absolute Gasteiger partial charge is 0.295 e. The second-order valence-electron chi connectivity index (χ2n) is 10.8. The van der Waals surface area contributed by atoms with E-state index in [9.17, 15) is 21.0 Å². The fraction of sp³-hybridized carbons (Fsp3) is 0.290. The Labute approximate surface area is 265 Å². The van der Waals surface area contributed by atoms with Crippen molar-refractivity contribution in [2.45, 2.75) is 56.2 Å². The second-order valence-corrected chi connectivity index (χ2v) is 16.0. The highest BCUT2D eigenvalue weighted by molar-refractivity contribution is 7.99. The van der Waals surface area contributed by atoms with Crippen LogP contribution in [0.25, 0.3) is 10.8 Å². The first-order valence-corrected chi connectivity index (χ1v) is 19.3. The predicted molar refractivity (Wildman–Crippen MR) is 175 cm³/mol. The van der Waals surface area contributed by atoms with Crippen molar-refractivity contribution in [3.8, 4) is 0 Å². The lowest BCUT2D eigenvalue weighted by Gasteiger charge is -2.37. The molecule has 0 bridgehead atoms. The molecule has 234 valence electrons. The minimum atomic E-state index is -4.47. The summed E-state index contributed by atoms with van der Waals surface area (Å²) in [5.74, 6) is 0. The average molecular weight is 675 g/mol. The average Bonchev–Trinajstić information content (AvgIpc) is 2.98. The molecule has 13 heteroatoms. The zero-order valence-electron chi connectivity index (χ0n) is 24.3. The first kappa shape index (κ1) is 32.6. The molecule has 1 saturated heterocycles. The zero-order valence-corrected chi connectivity index (χ0v) is 27.6. The van der Waals surface area contributed by atoms with Crippen molar-refractivity contribution in [2.75, 3.05) is 31.3 Å². The molecule has 2 atom stereocenters. The molecule has 0 saturated carbocycles. The number of rotatable bonds is 6. The third-order valence-electron chi connectivity index (χ3n) is 7.93. The van der Waals surface area contributed by atoms with E-state index in [-0.39, 0.29) is 10.8 Å². The molecule has 9 nitrogen and oxygen atoms in total. The van der Waals surface area contributed by atoms with Gasteiger partial charge in [-0.05, 0) is 75.3 Å². The van der Waals surface area contributed by atoms with Crippen molar-refractivity contribution >= 4 is 64.9 Å². The molecule has 44 heavy (non-hydrogen) atoms. The lowest BCUT2D eigenvalue weighted by Crippen LogP contribution is -2.38. The van der Waals surface area contributed by atoms with Gasteiger partial charge in [0.1, 0.15) is 9.79 Å². The third-order valence-corrected chi connectivity index (χ3v) is 11.8. The van der Waals surface area contributed by atoms with Gasteiger partial charge >= 0.3 is 0 Å². The predicted octanol–water partition coefficient (Wildman–Crippen LogP) is 6.23. The van der Waals surface area contributed by atoms with E-state index in [4.69, 9.17) is 9.11 Å². The van der Waals surface area contributed by atoms with Gasteiger partial charge < -0.3 is 9.80 Å². The summed E-state index contributed by atoms with van der Waals surface area (Å²) in [5.41, 5.74) is 2.49. The minimum Gasteiger partial charge on any atom is -0.340 e. The highest BCUT2D eigenvalue weighted by Gasteiger charge is 2.26. The molecule has 0 aromatic heterocycles. The number of para-hydroxylation sites is 1. The largest absolute Gasteiger partial charge is 0.340 e. The summed E-state index contributed by atoms with van der Waals surface area (Å²) in [6, 6.07) is 23.1. The molecule has 1 fully saturated rings. The Bertz CT molecular complexity index is 1860. The molecule has 0 amide bonds. The third kappa shape index (κ3) is 7.20. The van der Waals surface area contributed by atoms with Gasteiger partial charge in [-0.2, -0.15) is 16.8 Å². The van der Waals surface area contributed by atoms with Crippen LogP contribution in [-0.4, -0.2) is 67.5 Å². The maximum Gasteiger partial charge on any atom is 0.295 e. The Morgan fingerprint density at radius 3 is 2.02 bits per heavy atom.